The largest absolute Gasteiger partial charge is 0.472 e. The van der Waals surface area contributed by atoms with Gasteiger partial charge in [0, 0.05) is 17.6 Å². The second-order valence-corrected chi connectivity index (χ2v) is 5.90. The molecular weight excluding hydrogens is 198 g/mol. The SMILES string of the molecule is CC(NC1CCCC(C)(C)C1)c1ccoc1. The van der Waals surface area contributed by atoms with E-state index in [4.69, 9.17) is 4.42 Å². The van der Waals surface area contributed by atoms with Crippen molar-refractivity contribution >= 4 is 0 Å². The molecule has 1 saturated carbocycles. The minimum absolute atomic E-state index is 0.401. The van der Waals surface area contributed by atoms with E-state index in [-0.39, 0.29) is 0 Å². The third-order valence-corrected chi connectivity index (χ3v) is 3.73. The molecule has 2 unspecified atom stereocenters. The summed E-state index contributed by atoms with van der Waals surface area (Å²) in [5, 5.41) is 3.72. The summed E-state index contributed by atoms with van der Waals surface area (Å²) in [4.78, 5) is 0. The molecular formula is C14H23NO. The van der Waals surface area contributed by atoms with Gasteiger partial charge in [0.25, 0.3) is 0 Å². The van der Waals surface area contributed by atoms with Crippen LogP contribution in [0, 0.1) is 5.41 Å². The standard InChI is InChI=1S/C14H23NO/c1-11(12-6-8-16-10-12)15-13-5-4-7-14(2,3)9-13/h6,8,10-11,13,15H,4-5,7,9H2,1-3H3. The van der Waals surface area contributed by atoms with Crippen LogP contribution in [0.5, 0.6) is 0 Å². The van der Waals surface area contributed by atoms with Crippen LogP contribution < -0.4 is 5.32 Å². The van der Waals surface area contributed by atoms with E-state index in [9.17, 15) is 0 Å². The van der Waals surface area contributed by atoms with E-state index in [0.717, 1.165) is 0 Å². The molecule has 0 aliphatic heterocycles. The zero-order chi connectivity index (χ0) is 11.6. The molecule has 2 nitrogen and oxygen atoms in total. The molecule has 0 amide bonds. The number of rotatable bonds is 3. The fourth-order valence-electron chi connectivity index (χ4n) is 2.81. The molecule has 90 valence electrons. The van der Waals surface area contributed by atoms with E-state index >= 15 is 0 Å². The topological polar surface area (TPSA) is 25.2 Å². The van der Waals surface area contributed by atoms with Crippen molar-refractivity contribution in [3.05, 3.63) is 24.2 Å². The zero-order valence-corrected chi connectivity index (χ0v) is 10.6. The fourth-order valence-corrected chi connectivity index (χ4v) is 2.81. The van der Waals surface area contributed by atoms with Crippen LogP contribution in [0.4, 0.5) is 0 Å². The molecule has 2 atom stereocenters. The summed E-state index contributed by atoms with van der Waals surface area (Å²) < 4.78 is 5.13. The van der Waals surface area contributed by atoms with E-state index in [2.05, 4.69) is 26.1 Å². The summed E-state index contributed by atoms with van der Waals surface area (Å²) in [7, 11) is 0. The summed E-state index contributed by atoms with van der Waals surface area (Å²) in [5.41, 5.74) is 1.76. The van der Waals surface area contributed by atoms with Crippen LogP contribution in [0.15, 0.2) is 23.0 Å². The highest BCUT2D eigenvalue weighted by molar-refractivity contribution is 5.10. The Hall–Kier alpha value is -0.760. The molecule has 1 aromatic rings. The third kappa shape index (κ3) is 2.88. The normalized spacial score (nSPS) is 26.6. The number of furan rings is 1. The van der Waals surface area contributed by atoms with Crippen molar-refractivity contribution in [2.24, 2.45) is 5.41 Å². The first kappa shape index (κ1) is 11.7. The Morgan fingerprint density at radius 1 is 1.50 bits per heavy atom. The predicted molar refractivity (Wildman–Crippen MR) is 66.3 cm³/mol. The summed E-state index contributed by atoms with van der Waals surface area (Å²) in [6.07, 6.45) is 8.90. The minimum Gasteiger partial charge on any atom is -0.472 e. The molecule has 1 aliphatic rings. The molecule has 1 aromatic heterocycles. The lowest BCUT2D eigenvalue weighted by molar-refractivity contribution is 0.191. The van der Waals surface area contributed by atoms with Crippen LogP contribution >= 0.6 is 0 Å². The molecule has 0 bridgehead atoms. The first-order valence-electron chi connectivity index (χ1n) is 6.35. The van der Waals surface area contributed by atoms with Crippen LogP contribution in [0.2, 0.25) is 0 Å². The van der Waals surface area contributed by atoms with E-state index in [0.29, 0.717) is 17.5 Å². The van der Waals surface area contributed by atoms with Crippen LogP contribution in [0.1, 0.15) is 58.1 Å². The summed E-state index contributed by atoms with van der Waals surface area (Å²) in [6, 6.07) is 3.11. The van der Waals surface area contributed by atoms with Gasteiger partial charge in [-0.2, -0.15) is 0 Å². The van der Waals surface area contributed by atoms with Crippen molar-refractivity contribution in [1.82, 2.24) is 5.32 Å². The molecule has 0 radical (unpaired) electrons. The molecule has 16 heavy (non-hydrogen) atoms. The Labute approximate surface area is 98.4 Å². The van der Waals surface area contributed by atoms with Gasteiger partial charge in [-0.25, -0.2) is 0 Å². The van der Waals surface area contributed by atoms with Crippen LogP contribution in [-0.4, -0.2) is 6.04 Å². The van der Waals surface area contributed by atoms with Gasteiger partial charge in [-0.3, -0.25) is 0 Å². The average molecular weight is 221 g/mol. The highest BCUT2D eigenvalue weighted by Gasteiger charge is 2.28. The highest BCUT2D eigenvalue weighted by atomic mass is 16.3. The Balaban J connectivity index is 1.90. The predicted octanol–water partition coefficient (Wildman–Crippen LogP) is 3.90. The molecule has 0 saturated heterocycles. The van der Waals surface area contributed by atoms with Gasteiger partial charge in [0.1, 0.15) is 0 Å². The van der Waals surface area contributed by atoms with Crippen molar-refractivity contribution in [1.29, 1.82) is 0 Å². The van der Waals surface area contributed by atoms with Gasteiger partial charge in [0.05, 0.1) is 12.5 Å². The molecule has 1 aliphatic carbocycles. The highest BCUT2D eigenvalue weighted by Crippen LogP contribution is 2.35. The van der Waals surface area contributed by atoms with E-state index < -0.39 is 0 Å². The first-order valence-corrected chi connectivity index (χ1v) is 6.35. The van der Waals surface area contributed by atoms with Crippen LogP contribution in [-0.2, 0) is 0 Å². The fraction of sp³-hybridized carbons (Fsp3) is 0.714. The van der Waals surface area contributed by atoms with Crippen molar-refractivity contribution < 1.29 is 4.42 Å². The van der Waals surface area contributed by atoms with Crippen LogP contribution in [0.3, 0.4) is 0 Å². The quantitative estimate of drug-likeness (QED) is 0.837. The maximum Gasteiger partial charge on any atom is 0.0950 e. The van der Waals surface area contributed by atoms with Crippen LogP contribution in [0.25, 0.3) is 0 Å². The van der Waals surface area contributed by atoms with Gasteiger partial charge in [-0.1, -0.05) is 20.3 Å². The van der Waals surface area contributed by atoms with Gasteiger partial charge < -0.3 is 9.73 Å². The molecule has 0 aromatic carbocycles. The lowest BCUT2D eigenvalue weighted by Crippen LogP contribution is -2.38. The third-order valence-electron chi connectivity index (χ3n) is 3.73. The Morgan fingerprint density at radius 3 is 2.94 bits per heavy atom. The van der Waals surface area contributed by atoms with E-state index in [1.165, 1.54) is 31.2 Å². The second-order valence-electron chi connectivity index (χ2n) is 5.90. The Bertz CT molecular complexity index is 315. The van der Waals surface area contributed by atoms with Gasteiger partial charge >= 0.3 is 0 Å². The first-order chi connectivity index (χ1) is 7.57. The van der Waals surface area contributed by atoms with Crippen molar-refractivity contribution in [2.45, 2.75) is 58.5 Å². The van der Waals surface area contributed by atoms with Gasteiger partial charge in [0.15, 0.2) is 0 Å². The smallest absolute Gasteiger partial charge is 0.0950 e. The monoisotopic (exact) mass is 221 g/mol. The summed E-state index contributed by atoms with van der Waals surface area (Å²) in [6.45, 7) is 6.97. The Morgan fingerprint density at radius 2 is 2.31 bits per heavy atom. The lowest BCUT2D eigenvalue weighted by atomic mass is 9.75. The Kier molecular flexibility index (Phi) is 3.38. The molecule has 2 rings (SSSR count). The molecule has 2 heteroatoms. The molecule has 1 fully saturated rings. The van der Waals surface area contributed by atoms with Gasteiger partial charge in [-0.05, 0) is 37.7 Å². The zero-order valence-electron chi connectivity index (χ0n) is 10.6. The number of hydrogen-bond donors (Lipinski definition) is 1. The number of hydrogen-bond acceptors (Lipinski definition) is 2. The van der Waals surface area contributed by atoms with Crippen molar-refractivity contribution in [3.8, 4) is 0 Å². The molecule has 0 spiro atoms. The molecule has 1 heterocycles. The minimum atomic E-state index is 0.401. The average Bonchev–Trinajstić information content (AvgIpc) is 2.68. The molecule has 1 N–H and O–H groups in total. The maximum absolute atomic E-state index is 5.13. The van der Waals surface area contributed by atoms with Gasteiger partial charge in [0.2, 0.25) is 0 Å². The summed E-state index contributed by atoms with van der Waals surface area (Å²) >= 11 is 0. The van der Waals surface area contributed by atoms with E-state index in [1.807, 2.05) is 12.3 Å². The second kappa shape index (κ2) is 4.62. The number of nitrogens with one attached hydrogen (secondary N) is 1. The van der Waals surface area contributed by atoms with E-state index in [1.54, 1.807) is 6.26 Å². The van der Waals surface area contributed by atoms with Gasteiger partial charge in [-0.15, -0.1) is 0 Å². The summed E-state index contributed by atoms with van der Waals surface area (Å²) in [5.74, 6) is 0. The van der Waals surface area contributed by atoms with Crippen molar-refractivity contribution in [3.63, 3.8) is 0 Å². The van der Waals surface area contributed by atoms with Crippen molar-refractivity contribution in [2.75, 3.05) is 0 Å². The maximum atomic E-state index is 5.13. The lowest BCUT2D eigenvalue weighted by Gasteiger charge is -2.37.